The highest BCUT2D eigenvalue weighted by Crippen LogP contribution is 2.34. The van der Waals surface area contributed by atoms with Crippen molar-refractivity contribution in [2.75, 3.05) is 0 Å². The summed E-state index contributed by atoms with van der Waals surface area (Å²) in [6.45, 7) is 0. The summed E-state index contributed by atoms with van der Waals surface area (Å²) in [5, 5.41) is 8.24. The maximum atomic E-state index is 2.21. The molecule has 0 aliphatic carbocycles. The zero-order chi connectivity index (χ0) is 9.83. The fourth-order valence-electron chi connectivity index (χ4n) is 2.59. The normalized spacial score (nSPS) is 12.0. The van der Waals surface area contributed by atoms with E-state index in [2.05, 4.69) is 54.6 Å². The zero-order valence-electron chi connectivity index (χ0n) is 8.20. The molecule has 0 fully saturated rings. The summed E-state index contributed by atoms with van der Waals surface area (Å²) in [6.07, 6.45) is 0. The fraction of sp³-hybridized carbons (Fsp3) is 0. The van der Waals surface area contributed by atoms with Crippen LogP contribution in [0.1, 0.15) is 0 Å². The minimum absolute atomic E-state index is 1.34. The smallest absolute Gasteiger partial charge is 0.0521 e. The summed E-state index contributed by atoms with van der Waals surface area (Å²) in [5.41, 5.74) is 0. The lowest BCUT2D eigenvalue weighted by atomic mass is 9.98. The fourth-order valence-corrected chi connectivity index (χ4v) is 2.59. The van der Waals surface area contributed by atoms with E-state index in [9.17, 15) is 0 Å². The maximum Gasteiger partial charge on any atom is -0.0521 e. The van der Waals surface area contributed by atoms with Crippen molar-refractivity contribution < 1.29 is 0 Å². The Labute approximate surface area is 87.4 Å². The van der Waals surface area contributed by atoms with Crippen LogP contribution in [0.25, 0.3) is 32.3 Å². The molecule has 0 N–H and O–H groups in total. The molecule has 0 heterocycles. The Bertz CT molecular complexity index is 699. The van der Waals surface area contributed by atoms with Crippen LogP contribution in [0.3, 0.4) is 0 Å². The van der Waals surface area contributed by atoms with E-state index in [1.807, 2.05) is 0 Å². The van der Waals surface area contributed by atoms with Crippen LogP contribution in [0.4, 0.5) is 0 Å². The molecular formula is C15H9-. The number of hydrogen-bond acceptors (Lipinski definition) is 0. The maximum absolute atomic E-state index is 2.21. The highest BCUT2D eigenvalue weighted by Gasteiger charge is 2.00. The van der Waals surface area contributed by atoms with E-state index in [0.29, 0.717) is 0 Å². The van der Waals surface area contributed by atoms with Crippen LogP contribution in [0.5, 0.6) is 0 Å². The molecule has 15 heavy (non-hydrogen) atoms. The lowest BCUT2D eigenvalue weighted by molar-refractivity contribution is 1.83. The van der Waals surface area contributed by atoms with Gasteiger partial charge in [-0.3, -0.25) is 0 Å². The number of rotatable bonds is 0. The SMILES string of the molecule is c1cc2ccc3cc[c-]4ccc(c1)c2c34. The standard InChI is InChI=1S/C15H9/c1-2-10-4-6-12-8-9-13-7-5-11(3-1)14(10)15(12)13/h1-9H/q-1. The Balaban J connectivity index is 2.54. The Morgan fingerprint density at radius 2 is 1.33 bits per heavy atom. The van der Waals surface area contributed by atoms with Gasteiger partial charge in [0, 0.05) is 0 Å². The van der Waals surface area contributed by atoms with Crippen LogP contribution >= 0.6 is 0 Å². The molecule has 4 rings (SSSR count). The highest BCUT2D eigenvalue weighted by molar-refractivity contribution is 6.23. The largest absolute Gasteiger partial charge is 0.144 e. The van der Waals surface area contributed by atoms with Gasteiger partial charge in [-0.05, 0) is 0 Å². The molecule has 0 aliphatic rings. The van der Waals surface area contributed by atoms with Gasteiger partial charge in [0.15, 0.2) is 0 Å². The molecule has 0 unspecified atom stereocenters. The second-order valence-electron chi connectivity index (χ2n) is 4.10. The first-order valence-corrected chi connectivity index (χ1v) is 5.23. The van der Waals surface area contributed by atoms with Crippen molar-refractivity contribution in [3.05, 3.63) is 54.6 Å². The predicted molar refractivity (Wildman–Crippen MR) is 65.7 cm³/mol. The Morgan fingerprint density at radius 3 is 2.20 bits per heavy atom. The lowest BCUT2D eigenvalue weighted by Crippen LogP contribution is -1.77. The van der Waals surface area contributed by atoms with E-state index in [1.165, 1.54) is 32.3 Å². The first-order chi connectivity index (χ1) is 7.43. The molecule has 0 aromatic heterocycles. The minimum Gasteiger partial charge on any atom is -0.144 e. The van der Waals surface area contributed by atoms with E-state index in [1.54, 1.807) is 0 Å². The molecule has 0 spiro atoms. The average Bonchev–Trinajstić information content (AvgIpc) is 2.71. The molecule has 4 aromatic carbocycles. The molecule has 0 aliphatic heterocycles. The number of benzene rings is 3. The second-order valence-corrected chi connectivity index (χ2v) is 4.10. The van der Waals surface area contributed by atoms with Gasteiger partial charge in [0.2, 0.25) is 0 Å². The van der Waals surface area contributed by atoms with Crippen LogP contribution in [0, 0.1) is 0 Å². The zero-order valence-corrected chi connectivity index (χ0v) is 8.20. The molecule has 0 amide bonds. The average molecular weight is 189 g/mol. The molecule has 0 bridgehead atoms. The van der Waals surface area contributed by atoms with Crippen LogP contribution in [-0.4, -0.2) is 0 Å². The van der Waals surface area contributed by atoms with Crippen LogP contribution in [0.15, 0.2) is 54.6 Å². The van der Waals surface area contributed by atoms with Gasteiger partial charge in [-0.1, -0.05) is 51.9 Å². The van der Waals surface area contributed by atoms with Crippen molar-refractivity contribution in [3.63, 3.8) is 0 Å². The van der Waals surface area contributed by atoms with Gasteiger partial charge >= 0.3 is 0 Å². The van der Waals surface area contributed by atoms with Gasteiger partial charge in [-0.25, -0.2) is 0 Å². The first kappa shape index (κ1) is 7.36. The van der Waals surface area contributed by atoms with Crippen molar-refractivity contribution in [1.82, 2.24) is 0 Å². The third-order valence-corrected chi connectivity index (χ3v) is 3.28. The molecule has 0 radical (unpaired) electrons. The third kappa shape index (κ3) is 0.798. The predicted octanol–water partition coefficient (Wildman–Crippen LogP) is 4.30. The van der Waals surface area contributed by atoms with E-state index < -0.39 is 0 Å². The molecular weight excluding hydrogens is 180 g/mol. The number of hydrogen-bond donors (Lipinski definition) is 0. The summed E-state index contributed by atoms with van der Waals surface area (Å²) in [4.78, 5) is 0. The van der Waals surface area contributed by atoms with Gasteiger partial charge in [0.05, 0.1) is 0 Å². The summed E-state index contributed by atoms with van der Waals surface area (Å²) in [6, 6.07) is 19.8. The van der Waals surface area contributed by atoms with Crippen LogP contribution < -0.4 is 0 Å². The van der Waals surface area contributed by atoms with Crippen LogP contribution in [-0.2, 0) is 0 Å². The summed E-state index contributed by atoms with van der Waals surface area (Å²) < 4.78 is 0. The van der Waals surface area contributed by atoms with E-state index >= 15 is 0 Å². The first-order valence-electron chi connectivity index (χ1n) is 5.23. The van der Waals surface area contributed by atoms with Gasteiger partial charge < -0.3 is 0 Å². The van der Waals surface area contributed by atoms with Gasteiger partial charge in [-0.15, -0.1) is 35.0 Å². The quantitative estimate of drug-likeness (QED) is 0.362. The second kappa shape index (κ2) is 2.34. The van der Waals surface area contributed by atoms with Crippen molar-refractivity contribution in [2.45, 2.75) is 0 Å². The third-order valence-electron chi connectivity index (χ3n) is 3.28. The van der Waals surface area contributed by atoms with E-state index in [4.69, 9.17) is 0 Å². The van der Waals surface area contributed by atoms with Crippen molar-refractivity contribution >= 4 is 32.3 Å². The summed E-state index contributed by atoms with van der Waals surface area (Å²) >= 11 is 0. The minimum atomic E-state index is 1.34. The Kier molecular flexibility index (Phi) is 1.15. The molecule has 0 heteroatoms. The van der Waals surface area contributed by atoms with Crippen molar-refractivity contribution in [2.24, 2.45) is 0 Å². The highest BCUT2D eigenvalue weighted by atomic mass is 14.1. The molecule has 0 atom stereocenters. The summed E-state index contributed by atoms with van der Waals surface area (Å²) in [5.74, 6) is 0. The monoisotopic (exact) mass is 189 g/mol. The van der Waals surface area contributed by atoms with Crippen LogP contribution in [0.2, 0.25) is 0 Å². The Hall–Kier alpha value is -1.95. The van der Waals surface area contributed by atoms with Gasteiger partial charge in [0.25, 0.3) is 0 Å². The lowest BCUT2D eigenvalue weighted by Gasteiger charge is -2.11. The van der Waals surface area contributed by atoms with Crippen molar-refractivity contribution in [3.8, 4) is 0 Å². The van der Waals surface area contributed by atoms with E-state index in [-0.39, 0.29) is 0 Å². The molecule has 0 saturated carbocycles. The topological polar surface area (TPSA) is 0 Å². The van der Waals surface area contributed by atoms with Gasteiger partial charge in [-0.2, -0.15) is 0 Å². The summed E-state index contributed by atoms with van der Waals surface area (Å²) in [7, 11) is 0. The molecule has 4 aromatic rings. The molecule has 0 saturated heterocycles. The van der Waals surface area contributed by atoms with E-state index in [0.717, 1.165) is 0 Å². The Morgan fingerprint density at radius 1 is 0.667 bits per heavy atom. The van der Waals surface area contributed by atoms with Crippen molar-refractivity contribution in [1.29, 1.82) is 0 Å². The molecule has 70 valence electrons. The van der Waals surface area contributed by atoms with Gasteiger partial charge in [0.1, 0.15) is 0 Å². The molecule has 0 nitrogen and oxygen atoms in total.